The van der Waals surface area contributed by atoms with Crippen molar-refractivity contribution in [3.8, 4) is 0 Å². The molecule has 5 heteroatoms. The topological polar surface area (TPSA) is 66.0 Å². The molecule has 0 aliphatic heterocycles. The lowest BCUT2D eigenvalue weighted by molar-refractivity contribution is 0.893. The number of hydrogen-bond acceptors (Lipinski definition) is 3. The third-order valence-electron chi connectivity index (χ3n) is 3.10. The van der Waals surface area contributed by atoms with Crippen LogP contribution in [0.5, 0.6) is 0 Å². The summed E-state index contributed by atoms with van der Waals surface area (Å²) >= 11 is 5.88. The van der Waals surface area contributed by atoms with Crippen molar-refractivity contribution in [2.75, 3.05) is 11.9 Å². The van der Waals surface area contributed by atoms with Gasteiger partial charge < -0.3 is 10.6 Å². The molecule has 0 aliphatic rings. The second-order valence-electron chi connectivity index (χ2n) is 4.72. The molecule has 2 aromatic rings. The molecule has 0 amide bonds. The van der Waals surface area contributed by atoms with Crippen LogP contribution in [0.25, 0.3) is 0 Å². The molecule has 0 fully saturated rings. The standard InChI is InChI=1S/C15H17ClN4/c1-10-7-8-19-15(13(10)14(17)18)20(2)9-11-3-5-12(16)6-4-11/h3-8H,9H2,1-2H3,(H3,17,18). The highest BCUT2D eigenvalue weighted by molar-refractivity contribution is 6.30. The van der Waals surface area contributed by atoms with Crippen LogP contribution in [0.15, 0.2) is 36.5 Å². The smallest absolute Gasteiger partial charge is 0.139 e. The minimum atomic E-state index is 0.0357. The molecule has 0 radical (unpaired) electrons. The monoisotopic (exact) mass is 288 g/mol. The summed E-state index contributed by atoms with van der Waals surface area (Å²) in [6, 6.07) is 9.53. The molecular formula is C15H17ClN4. The number of nitrogens with two attached hydrogens (primary N) is 1. The summed E-state index contributed by atoms with van der Waals surface area (Å²) in [5, 5.41) is 8.43. The normalized spacial score (nSPS) is 10.3. The quantitative estimate of drug-likeness (QED) is 0.671. The second-order valence-corrected chi connectivity index (χ2v) is 5.16. The molecule has 3 N–H and O–H groups in total. The number of aromatic nitrogens is 1. The summed E-state index contributed by atoms with van der Waals surface area (Å²) in [4.78, 5) is 6.33. The van der Waals surface area contributed by atoms with E-state index < -0.39 is 0 Å². The SMILES string of the molecule is Cc1ccnc(N(C)Cc2ccc(Cl)cc2)c1C(=N)N. The Hall–Kier alpha value is -2.07. The van der Waals surface area contributed by atoms with Crippen molar-refractivity contribution < 1.29 is 0 Å². The summed E-state index contributed by atoms with van der Waals surface area (Å²) in [6.07, 6.45) is 1.73. The molecule has 0 unspecified atom stereocenters. The van der Waals surface area contributed by atoms with Gasteiger partial charge in [0.05, 0.1) is 5.56 Å². The molecule has 0 saturated heterocycles. The zero-order valence-corrected chi connectivity index (χ0v) is 12.3. The first-order valence-corrected chi connectivity index (χ1v) is 6.62. The molecule has 1 heterocycles. The Morgan fingerprint density at radius 3 is 2.55 bits per heavy atom. The van der Waals surface area contributed by atoms with Crippen LogP contribution in [0, 0.1) is 12.3 Å². The molecule has 0 spiro atoms. The van der Waals surface area contributed by atoms with E-state index in [-0.39, 0.29) is 5.84 Å². The van der Waals surface area contributed by atoms with Crippen molar-refractivity contribution in [1.29, 1.82) is 5.41 Å². The lowest BCUT2D eigenvalue weighted by atomic mass is 10.1. The van der Waals surface area contributed by atoms with E-state index in [9.17, 15) is 0 Å². The van der Waals surface area contributed by atoms with Crippen molar-refractivity contribution >= 4 is 23.3 Å². The summed E-state index contributed by atoms with van der Waals surface area (Å²) in [6.45, 7) is 2.60. The highest BCUT2D eigenvalue weighted by Gasteiger charge is 2.14. The van der Waals surface area contributed by atoms with Crippen LogP contribution in [0.4, 0.5) is 5.82 Å². The van der Waals surface area contributed by atoms with E-state index in [1.165, 1.54) is 0 Å². The highest BCUT2D eigenvalue weighted by atomic mass is 35.5. The Kier molecular flexibility index (Phi) is 4.25. The van der Waals surface area contributed by atoms with E-state index in [4.69, 9.17) is 22.7 Å². The van der Waals surface area contributed by atoms with Gasteiger partial charge >= 0.3 is 0 Å². The third-order valence-corrected chi connectivity index (χ3v) is 3.36. The maximum atomic E-state index is 7.71. The Morgan fingerprint density at radius 1 is 1.30 bits per heavy atom. The van der Waals surface area contributed by atoms with Gasteiger partial charge in [-0.15, -0.1) is 0 Å². The Morgan fingerprint density at radius 2 is 1.95 bits per heavy atom. The largest absolute Gasteiger partial charge is 0.384 e. The van der Waals surface area contributed by atoms with E-state index in [1.807, 2.05) is 49.2 Å². The van der Waals surface area contributed by atoms with E-state index in [0.29, 0.717) is 17.9 Å². The van der Waals surface area contributed by atoms with Gasteiger partial charge in [0, 0.05) is 24.8 Å². The van der Waals surface area contributed by atoms with Gasteiger partial charge in [-0.25, -0.2) is 4.98 Å². The number of nitrogens with zero attached hydrogens (tertiary/aromatic N) is 2. The molecule has 0 saturated carbocycles. The molecule has 20 heavy (non-hydrogen) atoms. The maximum Gasteiger partial charge on any atom is 0.139 e. The molecule has 104 valence electrons. The number of amidine groups is 1. The van der Waals surface area contributed by atoms with Gasteiger partial charge in [-0.1, -0.05) is 23.7 Å². The fraction of sp³-hybridized carbons (Fsp3) is 0.200. The van der Waals surface area contributed by atoms with E-state index in [1.54, 1.807) is 6.20 Å². The minimum absolute atomic E-state index is 0.0357. The van der Waals surface area contributed by atoms with Gasteiger partial charge in [0.1, 0.15) is 11.7 Å². The van der Waals surface area contributed by atoms with Gasteiger partial charge in [-0.3, -0.25) is 5.41 Å². The molecule has 0 bridgehead atoms. The number of halogens is 1. The number of pyridine rings is 1. The average molecular weight is 289 g/mol. The number of benzene rings is 1. The molecular weight excluding hydrogens is 272 g/mol. The Labute approximate surface area is 123 Å². The number of aryl methyl sites for hydroxylation is 1. The lowest BCUT2D eigenvalue weighted by Gasteiger charge is -2.22. The van der Waals surface area contributed by atoms with E-state index in [0.717, 1.165) is 16.1 Å². The summed E-state index contributed by atoms with van der Waals surface area (Å²) in [7, 11) is 1.93. The van der Waals surface area contributed by atoms with Crippen LogP contribution < -0.4 is 10.6 Å². The highest BCUT2D eigenvalue weighted by Crippen LogP contribution is 2.21. The molecule has 0 atom stereocenters. The fourth-order valence-corrected chi connectivity index (χ4v) is 2.23. The predicted octanol–water partition coefficient (Wildman–Crippen LogP) is 2.96. The number of nitrogen functional groups attached to an aromatic ring is 1. The van der Waals surface area contributed by atoms with E-state index >= 15 is 0 Å². The van der Waals surface area contributed by atoms with Crippen molar-refractivity contribution in [1.82, 2.24) is 4.98 Å². The van der Waals surface area contributed by atoms with Crippen LogP contribution in [0.2, 0.25) is 5.02 Å². The first-order chi connectivity index (χ1) is 9.49. The van der Waals surface area contributed by atoms with Gasteiger partial charge in [0.2, 0.25) is 0 Å². The molecule has 4 nitrogen and oxygen atoms in total. The zero-order valence-electron chi connectivity index (χ0n) is 11.5. The summed E-state index contributed by atoms with van der Waals surface area (Å²) in [5.74, 6) is 0.751. The zero-order chi connectivity index (χ0) is 14.7. The van der Waals surface area contributed by atoms with Crippen LogP contribution in [0.1, 0.15) is 16.7 Å². The second kappa shape index (κ2) is 5.92. The fourth-order valence-electron chi connectivity index (χ4n) is 2.10. The van der Waals surface area contributed by atoms with Crippen molar-refractivity contribution in [2.24, 2.45) is 5.73 Å². The van der Waals surface area contributed by atoms with Gasteiger partial charge in [0.25, 0.3) is 0 Å². The molecule has 1 aromatic heterocycles. The van der Waals surface area contributed by atoms with Gasteiger partial charge in [0.15, 0.2) is 0 Å². The number of rotatable bonds is 4. The minimum Gasteiger partial charge on any atom is -0.384 e. The predicted molar refractivity (Wildman–Crippen MR) is 83.5 cm³/mol. The van der Waals surface area contributed by atoms with Crippen molar-refractivity contribution in [3.05, 3.63) is 58.2 Å². The Bertz CT molecular complexity index is 622. The number of nitrogens with one attached hydrogen (secondary N) is 1. The molecule has 0 aliphatic carbocycles. The Balaban J connectivity index is 2.29. The molecule has 1 aromatic carbocycles. The third kappa shape index (κ3) is 3.08. The lowest BCUT2D eigenvalue weighted by Crippen LogP contribution is -2.24. The van der Waals surface area contributed by atoms with Crippen LogP contribution in [-0.4, -0.2) is 17.9 Å². The van der Waals surface area contributed by atoms with Crippen molar-refractivity contribution in [3.63, 3.8) is 0 Å². The molecule has 2 rings (SSSR count). The first kappa shape index (κ1) is 14.3. The van der Waals surface area contributed by atoms with Crippen LogP contribution in [0.3, 0.4) is 0 Å². The van der Waals surface area contributed by atoms with E-state index in [2.05, 4.69) is 4.98 Å². The average Bonchev–Trinajstić information content (AvgIpc) is 2.40. The van der Waals surface area contributed by atoms with Crippen LogP contribution in [-0.2, 0) is 6.54 Å². The number of anilines is 1. The van der Waals surface area contributed by atoms with Crippen LogP contribution >= 0.6 is 11.6 Å². The number of hydrogen-bond donors (Lipinski definition) is 2. The first-order valence-electron chi connectivity index (χ1n) is 6.24. The van der Waals surface area contributed by atoms with Crippen molar-refractivity contribution in [2.45, 2.75) is 13.5 Å². The van der Waals surface area contributed by atoms with Gasteiger partial charge in [-0.05, 0) is 36.2 Å². The summed E-state index contributed by atoms with van der Waals surface area (Å²) < 4.78 is 0. The summed E-state index contributed by atoms with van der Waals surface area (Å²) in [5.41, 5.74) is 8.42. The maximum absolute atomic E-state index is 7.71. The van der Waals surface area contributed by atoms with Gasteiger partial charge in [-0.2, -0.15) is 0 Å².